The van der Waals surface area contributed by atoms with Crippen molar-refractivity contribution >= 4 is 41.0 Å². The number of fused-ring (bicyclic) bond motifs is 5. The van der Waals surface area contributed by atoms with E-state index in [1.807, 2.05) is 0 Å². The molecule has 3 fully saturated rings. The molecule has 9 nitrogen and oxygen atoms in total. The summed E-state index contributed by atoms with van der Waals surface area (Å²) in [4.78, 5) is 62.2. The van der Waals surface area contributed by atoms with Crippen molar-refractivity contribution in [2.24, 2.45) is 23.7 Å². The SMILES string of the molecule is CC(=O)Nc1ccc(NC(=O)COC(=O)[C@H](C)N2C(=O)[C@@H]3[C@H]4CC[C@@H](C4)[C@@H]3C2=O)cc1. The summed E-state index contributed by atoms with van der Waals surface area (Å²) in [7, 11) is 0. The third-order valence-electron chi connectivity index (χ3n) is 6.52. The van der Waals surface area contributed by atoms with Crippen LogP contribution in [0.15, 0.2) is 24.3 Å². The van der Waals surface area contributed by atoms with Gasteiger partial charge in [-0.15, -0.1) is 0 Å². The van der Waals surface area contributed by atoms with Gasteiger partial charge >= 0.3 is 5.97 Å². The molecule has 4 amide bonds. The topological polar surface area (TPSA) is 122 Å². The first-order chi connectivity index (χ1) is 14.8. The average Bonchev–Trinajstić information content (AvgIpc) is 3.40. The first-order valence-corrected chi connectivity index (χ1v) is 10.5. The number of ether oxygens (including phenoxy) is 1. The number of hydrogen-bond donors (Lipinski definition) is 2. The summed E-state index contributed by atoms with van der Waals surface area (Å²) < 4.78 is 5.06. The number of imide groups is 1. The van der Waals surface area contributed by atoms with E-state index >= 15 is 0 Å². The number of likely N-dealkylation sites (tertiary alicyclic amines) is 1. The maximum absolute atomic E-state index is 12.8. The zero-order valence-electron chi connectivity index (χ0n) is 17.4. The lowest BCUT2D eigenvalue weighted by Gasteiger charge is -2.23. The molecule has 3 aliphatic rings. The van der Waals surface area contributed by atoms with Crippen LogP contribution in [0.1, 0.15) is 33.1 Å². The Labute approximate surface area is 179 Å². The number of amides is 4. The first-order valence-electron chi connectivity index (χ1n) is 10.5. The zero-order valence-corrected chi connectivity index (χ0v) is 17.4. The Morgan fingerprint density at radius 1 is 1.00 bits per heavy atom. The molecular formula is C22H25N3O6. The number of rotatable bonds is 6. The van der Waals surface area contributed by atoms with E-state index < -0.39 is 24.5 Å². The van der Waals surface area contributed by atoms with Crippen molar-refractivity contribution in [1.29, 1.82) is 0 Å². The van der Waals surface area contributed by atoms with Crippen LogP contribution in [-0.2, 0) is 28.7 Å². The molecule has 0 radical (unpaired) electrons. The minimum Gasteiger partial charge on any atom is -0.454 e. The normalized spacial score (nSPS) is 27.1. The summed E-state index contributed by atoms with van der Waals surface area (Å²) in [6.07, 6.45) is 2.85. The van der Waals surface area contributed by atoms with Gasteiger partial charge in [-0.2, -0.15) is 0 Å². The van der Waals surface area contributed by atoms with Crippen molar-refractivity contribution in [2.45, 2.75) is 39.2 Å². The van der Waals surface area contributed by atoms with Crippen molar-refractivity contribution < 1.29 is 28.7 Å². The highest BCUT2D eigenvalue weighted by atomic mass is 16.5. The van der Waals surface area contributed by atoms with Gasteiger partial charge in [-0.05, 0) is 62.3 Å². The molecule has 1 aliphatic heterocycles. The van der Waals surface area contributed by atoms with Crippen LogP contribution in [0.3, 0.4) is 0 Å². The van der Waals surface area contributed by atoms with Crippen LogP contribution in [0, 0.1) is 23.7 Å². The van der Waals surface area contributed by atoms with Crippen LogP contribution in [0.4, 0.5) is 11.4 Å². The van der Waals surface area contributed by atoms with Crippen LogP contribution in [0.5, 0.6) is 0 Å². The van der Waals surface area contributed by atoms with E-state index in [0.717, 1.165) is 24.2 Å². The van der Waals surface area contributed by atoms with E-state index in [0.29, 0.717) is 11.4 Å². The number of esters is 1. The quantitative estimate of drug-likeness (QED) is 0.525. The highest BCUT2D eigenvalue weighted by molar-refractivity contribution is 6.08. The molecule has 4 rings (SSSR count). The van der Waals surface area contributed by atoms with Crippen molar-refractivity contribution in [1.82, 2.24) is 4.90 Å². The van der Waals surface area contributed by atoms with E-state index in [1.165, 1.54) is 13.8 Å². The van der Waals surface area contributed by atoms with Crippen molar-refractivity contribution in [3.8, 4) is 0 Å². The Morgan fingerprint density at radius 3 is 2.03 bits per heavy atom. The average molecular weight is 427 g/mol. The number of anilines is 2. The third-order valence-corrected chi connectivity index (χ3v) is 6.52. The van der Waals surface area contributed by atoms with Gasteiger partial charge in [-0.1, -0.05) is 0 Å². The van der Waals surface area contributed by atoms with E-state index in [-0.39, 0.29) is 41.4 Å². The van der Waals surface area contributed by atoms with Gasteiger partial charge in [0.2, 0.25) is 17.7 Å². The minimum absolute atomic E-state index is 0.205. The predicted octanol–water partition coefficient (Wildman–Crippen LogP) is 1.55. The van der Waals surface area contributed by atoms with E-state index in [9.17, 15) is 24.0 Å². The lowest BCUT2D eigenvalue weighted by molar-refractivity contribution is -0.159. The van der Waals surface area contributed by atoms with E-state index in [1.54, 1.807) is 24.3 Å². The Bertz CT molecular complexity index is 915. The number of carbonyl (C=O) groups excluding carboxylic acids is 5. The molecule has 31 heavy (non-hydrogen) atoms. The number of benzene rings is 1. The van der Waals surface area contributed by atoms with Gasteiger partial charge in [0.05, 0.1) is 11.8 Å². The molecule has 1 saturated heterocycles. The summed E-state index contributed by atoms with van der Waals surface area (Å²) in [5.74, 6) is -2.23. The molecule has 0 spiro atoms. The van der Waals surface area contributed by atoms with Crippen LogP contribution < -0.4 is 10.6 Å². The minimum atomic E-state index is -1.06. The van der Waals surface area contributed by atoms with Crippen molar-refractivity contribution in [3.05, 3.63) is 24.3 Å². The van der Waals surface area contributed by atoms with Gasteiger partial charge in [0, 0.05) is 18.3 Å². The molecule has 2 saturated carbocycles. The van der Waals surface area contributed by atoms with Crippen molar-refractivity contribution in [3.63, 3.8) is 0 Å². The van der Waals surface area contributed by atoms with Crippen LogP contribution in [0.25, 0.3) is 0 Å². The molecule has 2 aliphatic carbocycles. The maximum Gasteiger partial charge on any atom is 0.329 e. The predicted molar refractivity (Wildman–Crippen MR) is 109 cm³/mol. The molecule has 2 N–H and O–H groups in total. The summed E-state index contributed by atoms with van der Waals surface area (Å²) in [6, 6.07) is 5.39. The summed E-state index contributed by atoms with van der Waals surface area (Å²) in [5, 5.41) is 5.19. The molecule has 5 atom stereocenters. The zero-order chi connectivity index (χ0) is 22.3. The van der Waals surface area contributed by atoms with Crippen LogP contribution in [0.2, 0.25) is 0 Å². The van der Waals surface area contributed by atoms with Gasteiger partial charge in [0.15, 0.2) is 6.61 Å². The fourth-order valence-corrected chi connectivity index (χ4v) is 5.21. The second kappa shape index (κ2) is 8.13. The largest absolute Gasteiger partial charge is 0.454 e. The molecule has 1 aromatic rings. The fraction of sp³-hybridized carbons (Fsp3) is 0.500. The number of carbonyl (C=O) groups is 5. The molecule has 2 bridgehead atoms. The second-order valence-electron chi connectivity index (χ2n) is 8.52. The van der Waals surface area contributed by atoms with Crippen LogP contribution in [-0.4, -0.2) is 47.1 Å². The summed E-state index contributed by atoms with van der Waals surface area (Å²) >= 11 is 0. The Hall–Kier alpha value is -3.23. The molecule has 1 heterocycles. The van der Waals surface area contributed by atoms with E-state index in [2.05, 4.69) is 10.6 Å². The van der Waals surface area contributed by atoms with Gasteiger partial charge in [0.25, 0.3) is 5.91 Å². The summed E-state index contributed by atoms with van der Waals surface area (Å²) in [6.45, 7) is 2.32. The third kappa shape index (κ3) is 3.92. The number of nitrogens with one attached hydrogen (secondary N) is 2. The van der Waals surface area contributed by atoms with Crippen molar-refractivity contribution in [2.75, 3.05) is 17.2 Å². The highest BCUT2D eigenvalue weighted by Gasteiger charge is 2.62. The lowest BCUT2D eigenvalue weighted by atomic mass is 9.81. The molecule has 0 aromatic heterocycles. The Morgan fingerprint density at radius 2 is 1.52 bits per heavy atom. The fourth-order valence-electron chi connectivity index (χ4n) is 5.21. The molecule has 164 valence electrons. The van der Waals surface area contributed by atoms with Gasteiger partial charge in [0.1, 0.15) is 6.04 Å². The van der Waals surface area contributed by atoms with E-state index in [4.69, 9.17) is 4.74 Å². The number of nitrogens with zero attached hydrogens (tertiary/aromatic N) is 1. The Kier molecular flexibility index (Phi) is 5.51. The maximum atomic E-state index is 12.8. The van der Waals surface area contributed by atoms with Gasteiger partial charge < -0.3 is 15.4 Å². The highest BCUT2D eigenvalue weighted by Crippen LogP contribution is 2.56. The van der Waals surface area contributed by atoms with Gasteiger partial charge in [-0.3, -0.25) is 24.1 Å². The smallest absolute Gasteiger partial charge is 0.329 e. The monoisotopic (exact) mass is 427 g/mol. The molecule has 0 unspecified atom stereocenters. The number of hydrogen-bond acceptors (Lipinski definition) is 6. The Balaban J connectivity index is 1.29. The standard InChI is InChI=1S/C22H25N3O6/c1-11(25-20(28)18-13-3-4-14(9-13)19(18)21(25)29)22(30)31-10-17(27)24-16-7-5-15(6-8-16)23-12(2)26/h5-8,11,13-14,18-19H,3-4,9-10H2,1-2H3,(H,23,26)(H,24,27)/t11-,13-,14-,18-,19+/m0/s1. The second-order valence-corrected chi connectivity index (χ2v) is 8.52. The molecule has 1 aromatic carbocycles. The molecule has 9 heteroatoms. The first kappa shape index (κ1) is 21.0. The summed E-state index contributed by atoms with van der Waals surface area (Å²) in [5.41, 5.74) is 1.06. The van der Waals surface area contributed by atoms with Gasteiger partial charge in [-0.25, -0.2) is 4.79 Å². The van der Waals surface area contributed by atoms with Crippen LogP contribution >= 0.6 is 0 Å². The molecular weight excluding hydrogens is 402 g/mol. The lowest BCUT2D eigenvalue weighted by Crippen LogP contribution is -2.45.